The zero-order valence-corrected chi connectivity index (χ0v) is 20.0. The quantitative estimate of drug-likeness (QED) is 0.431. The number of hydrogen-bond acceptors (Lipinski definition) is 7. The summed E-state index contributed by atoms with van der Waals surface area (Å²) in [4.78, 5) is 17.3. The van der Waals surface area contributed by atoms with Crippen LogP contribution in [-0.4, -0.2) is 36.3 Å². The molecule has 0 aliphatic carbocycles. The maximum absolute atomic E-state index is 13.3. The van der Waals surface area contributed by atoms with Crippen LogP contribution >= 0.6 is 11.6 Å². The summed E-state index contributed by atoms with van der Waals surface area (Å²) in [6.07, 6.45) is 1.75. The molecule has 35 heavy (non-hydrogen) atoms. The van der Waals surface area contributed by atoms with E-state index >= 15 is 0 Å². The zero-order chi connectivity index (χ0) is 25.4. The van der Waals surface area contributed by atoms with Crippen molar-refractivity contribution in [1.29, 1.82) is 10.5 Å². The molecule has 0 aliphatic heterocycles. The number of methoxy groups -OCH3 is 1. The third-order valence-electron chi connectivity index (χ3n) is 5.32. The number of pyridine rings is 1. The van der Waals surface area contributed by atoms with E-state index in [1.807, 2.05) is 37.3 Å². The van der Waals surface area contributed by atoms with Crippen molar-refractivity contribution in [2.24, 2.45) is 0 Å². The van der Waals surface area contributed by atoms with Crippen molar-refractivity contribution in [1.82, 2.24) is 10.3 Å². The van der Waals surface area contributed by atoms with E-state index in [1.54, 1.807) is 7.11 Å². The number of ether oxygens (including phenoxy) is 2. The molecule has 3 aromatic rings. The molecule has 0 unspecified atom stereocenters. The summed E-state index contributed by atoms with van der Waals surface area (Å²) in [5.74, 6) is 0.470. The van der Waals surface area contributed by atoms with Crippen LogP contribution in [-0.2, 0) is 6.54 Å². The molecule has 0 atom stereocenters. The predicted molar refractivity (Wildman–Crippen MR) is 130 cm³/mol. The van der Waals surface area contributed by atoms with Crippen LogP contribution in [0.4, 0.5) is 0 Å². The molecule has 8 nitrogen and oxygen atoms in total. The highest BCUT2D eigenvalue weighted by atomic mass is 35.5. The van der Waals surface area contributed by atoms with Crippen LogP contribution in [0.5, 0.6) is 11.5 Å². The van der Waals surface area contributed by atoms with Crippen LogP contribution in [0, 0.1) is 29.6 Å². The number of benzene rings is 2. The Morgan fingerprint density at radius 3 is 2.66 bits per heavy atom. The van der Waals surface area contributed by atoms with Gasteiger partial charge in [-0.2, -0.15) is 10.5 Å². The SMILES string of the molecule is COc1cccc(C)c1CNC(=O)c1cc(-c2cnc(C#N)cc2C#N)c(Cl)cc1OCCCO. The maximum Gasteiger partial charge on any atom is 0.255 e. The van der Waals surface area contributed by atoms with E-state index in [9.17, 15) is 10.1 Å². The van der Waals surface area contributed by atoms with Crippen molar-refractivity contribution in [3.8, 4) is 34.8 Å². The van der Waals surface area contributed by atoms with Crippen LogP contribution in [0.3, 0.4) is 0 Å². The van der Waals surface area contributed by atoms with E-state index in [2.05, 4.69) is 10.3 Å². The second-order valence-corrected chi connectivity index (χ2v) is 7.94. The molecule has 1 aromatic heterocycles. The molecule has 0 saturated carbocycles. The van der Waals surface area contributed by atoms with Crippen molar-refractivity contribution < 1.29 is 19.4 Å². The molecule has 2 aromatic carbocycles. The van der Waals surface area contributed by atoms with Gasteiger partial charge in [-0.1, -0.05) is 23.7 Å². The Hall–Kier alpha value is -4.11. The highest BCUT2D eigenvalue weighted by molar-refractivity contribution is 6.33. The predicted octanol–water partition coefficient (Wildman–Crippen LogP) is 4.15. The molecule has 0 aliphatic rings. The molecular weight excluding hydrogens is 468 g/mol. The number of nitriles is 2. The first-order valence-electron chi connectivity index (χ1n) is 10.7. The number of aromatic nitrogens is 1. The van der Waals surface area contributed by atoms with Gasteiger partial charge in [0.1, 0.15) is 23.3 Å². The van der Waals surface area contributed by atoms with Gasteiger partial charge in [-0.3, -0.25) is 4.79 Å². The minimum absolute atomic E-state index is 0.0666. The number of nitrogens with zero attached hydrogens (tertiary/aromatic N) is 3. The summed E-state index contributed by atoms with van der Waals surface area (Å²) in [5.41, 5.74) is 3.06. The summed E-state index contributed by atoms with van der Waals surface area (Å²) in [5, 5.41) is 30.9. The largest absolute Gasteiger partial charge is 0.496 e. The van der Waals surface area contributed by atoms with E-state index in [4.69, 9.17) is 31.4 Å². The van der Waals surface area contributed by atoms with Crippen molar-refractivity contribution in [3.63, 3.8) is 0 Å². The summed E-state index contributed by atoms with van der Waals surface area (Å²) >= 11 is 6.51. The van der Waals surface area contributed by atoms with Crippen molar-refractivity contribution in [2.75, 3.05) is 20.3 Å². The van der Waals surface area contributed by atoms with Crippen LogP contribution in [0.15, 0.2) is 42.6 Å². The fraction of sp³-hybridized carbons (Fsp3) is 0.231. The number of nitrogens with one attached hydrogen (secondary N) is 1. The van der Waals surface area contributed by atoms with Gasteiger partial charge in [0.25, 0.3) is 5.91 Å². The number of aliphatic hydroxyl groups excluding tert-OH is 1. The third-order valence-corrected chi connectivity index (χ3v) is 5.63. The first kappa shape index (κ1) is 25.5. The molecule has 9 heteroatoms. The number of aryl methyl sites for hydroxylation is 1. The Morgan fingerprint density at radius 1 is 1.17 bits per heavy atom. The lowest BCUT2D eigenvalue weighted by Crippen LogP contribution is -2.24. The smallest absolute Gasteiger partial charge is 0.255 e. The summed E-state index contributed by atoms with van der Waals surface area (Å²) in [6.45, 7) is 2.25. The molecule has 0 radical (unpaired) electrons. The monoisotopic (exact) mass is 490 g/mol. The molecule has 0 saturated heterocycles. The highest BCUT2D eigenvalue weighted by Gasteiger charge is 2.20. The van der Waals surface area contributed by atoms with Gasteiger partial charge in [0.15, 0.2) is 0 Å². The average Bonchev–Trinajstić information content (AvgIpc) is 2.87. The van der Waals surface area contributed by atoms with Crippen molar-refractivity contribution >= 4 is 17.5 Å². The normalized spacial score (nSPS) is 10.2. The van der Waals surface area contributed by atoms with Crippen LogP contribution in [0.1, 0.15) is 39.2 Å². The molecule has 0 fully saturated rings. The van der Waals surface area contributed by atoms with Crippen molar-refractivity contribution in [2.45, 2.75) is 19.9 Å². The summed E-state index contributed by atoms with van der Waals surface area (Å²) < 4.78 is 11.1. The van der Waals surface area contributed by atoms with Crippen LogP contribution < -0.4 is 14.8 Å². The Bertz CT molecular complexity index is 1330. The molecule has 1 amide bonds. The number of carbonyl (C=O) groups excluding carboxylic acids is 1. The lowest BCUT2D eigenvalue weighted by atomic mass is 9.98. The Balaban J connectivity index is 2.02. The van der Waals surface area contributed by atoms with Crippen molar-refractivity contribution in [3.05, 3.63) is 75.6 Å². The van der Waals surface area contributed by atoms with E-state index in [1.165, 1.54) is 24.4 Å². The van der Waals surface area contributed by atoms with Gasteiger partial charge < -0.3 is 19.9 Å². The second-order valence-electron chi connectivity index (χ2n) is 7.53. The zero-order valence-electron chi connectivity index (χ0n) is 19.3. The van der Waals surface area contributed by atoms with E-state index in [-0.39, 0.29) is 47.4 Å². The average molecular weight is 491 g/mol. The number of aliphatic hydroxyl groups is 1. The van der Waals surface area contributed by atoms with Gasteiger partial charge in [-0.25, -0.2) is 4.98 Å². The molecular formula is C26H23ClN4O4. The molecule has 2 N–H and O–H groups in total. The summed E-state index contributed by atoms with van der Waals surface area (Å²) in [6, 6.07) is 14.0. The molecule has 3 rings (SSSR count). The number of amides is 1. The summed E-state index contributed by atoms with van der Waals surface area (Å²) in [7, 11) is 1.57. The van der Waals surface area contributed by atoms with Crippen LogP contribution in [0.2, 0.25) is 5.02 Å². The van der Waals surface area contributed by atoms with Gasteiger partial charge in [-0.15, -0.1) is 0 Å². The van der Waals surface area contributed by atoms with E-state index in [0.29, 0.717) is 23.3 Å². The number of halogens is 1. The number of hydrogen-bond donors (Lipinski definition) is 2. The first-order chi connectivity index (χ1) is 16.9. The third kappa shape index (κ3) is 5.88. The topological polar surface area (TPSA) is 128 Å². The van der Waals surface area contributed by atoms with Gasteiger partial charge >= 0.3 is 0 Å². The van der Waals surface area contributed by atoms with E-state index < -0.39 is 5.91 Å². The Kier molecular flexibility index (Phi) is 8.63. The minimum atomic E-state index is -0.424. The minimum Gasteiger partial charge on any atom is -0.496 e. The second kappa shape index (κ2) is 11.8. The first-order valence-corrected chi connectivity index (χ1v) is 11.1. The molecule has 1 heterocycles. The molecule has 0 spiro atoms. The Labute approximate surface area is 208 Å². The lowest BCUT2D eigenvalue weighted by Gasteiger charge is -2.16. The number of carbonyl (C=O) groups is 1. The molecule has 178 valence electrons. The highest BCUT2D eigenvalue weighted by Crippen LogP contribution is 2.36. The van der Waals surface area contributed by atoms with E-state index in [0.717, 1.165) is 11.1 Å². The van der Waals surface area contributed by atoms with Crippen LogP contribution in [0.25, 0.3) is 11.1 Å². The van der Waals surface area contributed by atoms with Gasteiger partial charge in [0.05, 0.1) is 35.9 Å². The Morgan fingerprint density at radius 2 is 1.97 bits per heavy atom. The van der Waals surface area contributed by atoms with Gasteiger partial charge in [-0.05, 0) is 30.7 Å². The fourth-order valence-corrected chi connectivity index (χ4v) is 3.74. The number of rotatable bonds is 9. The van der Waals surface area contributed by atoms with Gasteiger partial charge in [0, 0.05) is 48.5 Å². The maximum atomic E-state index is 13.3. The van der Waals surface area contributed by atoms with Gasteiger partial charge in [0.2, 0.25) is 0 Å². The molecule has 0 bridgehead atoms. The standard InChI is InChI=1S/C26H23ClN4O4/c1-16-5-3-6-24(34-2)21(16)14-31-26(33)20-10-19(23(27)11-25(20)35-8-4-7-32)22-15-30-18(13-29)9-17(22)12-28/h3,5-6,9-11,15,32H,4,7-8,14H2,1-2H3,(H,31,33). The lowest BCUT2D eigenvalue weighted by molar-refractivity contribution is 0.0946. The fourth-order valence-electron chi connectivity index (χ4n) is 3.49.